The fourth-order valence-corrected chi connectivity index (χ4v) is 1.84. The predicted molar refractivity (Wildman–Crippen MR) is 41.0 cm³/mol. The Hall–Kier alpha value is 0.443. The van der Waals surface area contributed by atoms with E-state index in [0.717, 1.165) is 0 Å². The molecule has 0 unspecified atom stereocenters. The summed E-state index contributed by atoms with van der Waals surface area (Å²) in [7, 11) is -21.7. The third kappa shape index (κ3) is 32.2. The topological polar surface area (TPSA) is 247 Å². The largest absolute Gasteiger partial charge is 4.00 e. The molecule has 0 radical (unpaired) electrons. The quantitative estimate of drug-likeness (QED) is 0.295. The van der Waals surface area contributed by atoms with E-state index in [0.29, 0.717) is 0 Å². The van der Waals surface area contributed by atoms with Gasteiger partial charge < -0.3 is 18.2 Å². The van der Waals surface area contributed by atoms with Gasteiger partial charge in [-0.15, -0.1) is 0 Å². The van der Waals surface area contributed by atoms with E-state index in [1.807, 2.05) is 0 Å². The van der Waals surface area contributed by atoms with Crippen LogP contribution in [0, 0.1) is 0 Å². The van der Waals surface area contributed by atoms with Gasteiger partial charge in [-0.2, -0.15) is 7.26 Å². The van der Waals surface area contributed by atoms with Crippen LogP contribution < -0.4 is 0 Å². The third-order valence-electron chi connectivity index (χ3n) is 0.333. The van der Waals surface area contributed by atoms with Crippen LogP contribution >= 0.6 is 0 Å². The molecular formula is O14S4Zr. The Labute approximate surface area is 126 Å². The minimum Gasteiger partial charge on any atom is -0.725 e. The van der Waals surface area contributed by atoms with Crippen molar-refractivity contribution in [3.8, 4) is 0 Å². The molecule has 0 N–H and O–H groups in total. The SMILES string of the molecule is O=S(=O)([O-])OS(=O)(=O)[O-].O=S(=O)([O-])OS(=O)(=O)[O-].[Zr+4]. The fourth-order valence-electron chi connectivity index (χ4n) is 0.204. The first kappa shape index (κ1) is 24.5. The molecule has 0 fully saturated rings. The second-order valence-corrected chi connectivity index (χ2v) is 6.12. The average Bonchev–Trinajstić information content (AvgIpc) is 1.64. The zero-order valence-electron chi connectivity index (χ0n) is 7.85. The molecular weight excluding hydrogens is 443 g/mol. The first-order valence-electron chi connectivity index (χ1n) is 2.67. The summed E-state index contributed by atoms with van der Waals surface area (Å²) in [6.07, 6.45) is 0. The van der Waals surface area contributed by atoms with Crippen molar-refractivity contribution in [3.63, 3.8) is 0 Å². The van der Waals surface area contributed by atoms with Gasteiger partial charge in [-0.05, 0) is 0 Å². The average molecular weight is 443 g/mol. The van der Waals surface area contributed by atoms with Gasteiger partial charge in [0, 0.05) is 0 Å². The summed E-state index contributed by atoms with van der Waals surface area (Å²) >= 11 is 0. The monoisotopic (exact) mass is 442 g/mol. The predicted octanol–water partition coefficient (Wildman–Crippen LogP) is -4.16. The molecule has 0 rings (SSSR count). The standard InChI is InChI=1S/2H2O7S2.Zr/c2*1-8(2,3)7-9(4,5)6;/h2*(H,1,2,3)(H,4,5,6);/q;;+4/p-4. The van der Waals surface area contributed by atoms with E-state index >= 15 is 0 Å². The van der Waals surface area contributed by atoms with Crippen molar-refractivity contribution < 1.29 is 85.3 Å². The molecule has 0 aromatic rings. The third-order valence-corrected chi connectivity index (χ3v) is 3.00. The summed E-state index contributed by atoms with van der Waals surface area (Å²) in [6, 6.07) is 0. The van der Waals surface area contributed by atoms with Gasteiger partial charge >= 0.3 is 26.2 Å². The molecule has 0 heterocycles. The molecule has 0 aromatic carbocycles. The number of hydrogen-bond acceptors (Lipinski definition) is 14. The zero-order valence-corrected chi connectivity index (χ0v) is 13.6. The van der Waals surface area contributed by atoms with Crippen LogP contribution in [-0.2, 0) is 75.1 Å². The van der Waals surface area contributed by atoms with Crippen LogP contribution in [0.4, 0.5) is 0 Å². The summed E-state index contributed by atoms with van der Waals surface area (Å²) in [6.45, 7) is 0. The van der Waals surface area contributed by atoms with Gasteiger partial charge in [0.1, 0.15) is 0 Å². The van der Waals surface area contributed by atoms with Crippen molar-refractivity contribution in [2.45, 2.75) is 0 Å². The van der Waals surface area contributed by atoms with Crippen LogP contribution in [0.1, 0.15) is 0 Å². The van der Waals surface area contributed by atoms with E-state index in [4.69, 9.17) is 0 Å². The van der Waals surface area contributed by atoms with Crippen molar-refractivity contribution in [1.29, 1.82) is 0 Å². The van der Waals surface area contributed by atoms with Crippen LogP contribution in [0.3, 0.4) is 0 Å². The van der Waals surface area contributed by atoms with E-state index in [1.165, 1.54) is 0 Å². The van der Waals surface area contributed by atoms with Gasteiger partial charge in [-0.3, -0.25) is 0 Å². The van der Waals surface area contributed by atoms with Crippen molar-refractivity contribution in [1.82, 2.24) is 0 Å². The minimum atomic E-state index is -5.43. The van der Waals surface area contributed by atoms with E-state index in [1.54, 1.807) is 0 Å². The maximum Gasteiger partial charge on any atom is 4.00 e. The Morgan fingerprint density at radius 2 is 0.579 bits per heavy atom. The Bertz CT molecular complexity index is 532. The first-order valence-corrected chi connectivity index (χ1v) is 8.00. The maximum atomic E-state index is 9.29. The summed E-state index contributed by atoms with van der Waals surface area (Å²) in [5.41, 5.74) is 0. The Balaban J connectivity index is -0.000000256. The van der Waals surface area contributed by atoms with E-state index in [9.17, 15) is 51.9 Å². The number of hydrogen-bond donors (Lipinski definition) is 0. The van der Waals surface area contributed by atoms with Gasteiger partial charge in [-0.1, -0.05) is 0 Å². The molecule has 0 atom stereocenters. The molecule has 0 aromatic heterocycles. The second kappa shape index (κ2) is 8.03. The molecule has 0 saturated carbocycles. The fraction of sp³-hybridized carbons (Fsp3) is 0. The summed E-state index contributed by atoms with van der Waals surface area (Å²) < 4.78 is 116. The summed E-state index contributed by atoms with van der Waals surface area (Å²) in [5, 5.41) is 0. The van der Waals surface area contributed by atoms with Gasteiger partial charge in [0.2, 0.25) is 41.6 Å². The van der Waals surface area contributed by atoms with Gasteiger partial charge in [0.05, 0.1) is 0 Å². The van der Waals surface area contributed by atoms with E-state index in [2.05, 4.69) is 7.26 Å². The molecule has 0 amide bonds. The molecule has 0 spiro atoms. The maximum absolute atomic E-state index is 9.29. The van der Waals surface area contributed by atoms with Crippen LogP contribution in [-0.4, -0.2) is 51.9 Å². The molecule has 14 nitrogen and oxygen atoms in total. The zero-order chi connectivity index (χ0) is 15.4. The molecule has 0 aliphatic heterocycles. The van der Waals surface area contributed by atoms with Crippen LogP contribution in [0.2, 0.25) is 0 Å². The summed E-state index contributed by atoms with van der Waals surface area (Å²) in [5.74, 6) is 0. The van der Waals surface area contributed by atoms with Gasteiger partial charge in [-0.25, -0.2) is 33.7 Å². The molecule has 0 aliphatic carbocycles. The van der Waals surface area contributed by atoms with Crippen molar-refractivity contribution in [3.05, 3.63) is 0 Å². The molecule has 0 saturated heterocycles. The van der Waals surface area contributed by atoms with Crippen LogP contribution in [0.15, 0.2) is 0 Å². The van der Waals surface area contributed by atoms with Gasteiger partial charge in [0.15, 0.2) is 0 Å². The van der Waals surface area contributed by atoms with Crippen LogP contribution in [0.5, 0.6) is 0 Å². The first-order chi connectivity index (χ1) is 7.41. The van der Waals surface area contributed by atoms with E-state index in [-0.39, 0.29) is 26.2 Å². The van der Waals surface area contributed by atoms with E-state index < -0.39 is 41.6 Å². The van der Waals surface area contributed by atoms with Crippen molar-refractivity contribution in [2.75, 3.05) is 0 Å². The molecule has 19 heavy (non-hydrogen) atoms. The Morgan fingerprint density at radius 1 is 0.474 bits per heavy atom. The molecule has 19 heteroatoms. The Morgan fingerprint density at radius 3 is 0.579 bits per heavy atom. The number of rotatable bonds is 4. The molecule has 0 bridgehead atoms. The van der Waals surface area contributed by atoms with Crippen LogP contribution in [0.25, 0.3) is 0 Å². The smallest absolute Gasteiger partial charge is 0.725 e. The summed E-state index contributed by atoms with van der Waals surface area (Å²) in [4.78, 5) is 0. The van der Waals surface area contributed by atoms with Crippen molar-refractivity contribution in [2.24, 2.45) is 0 Å². The van der Waals surface area contributed by atoms with Gasteiger partial charge in [0.25, 0.3) is 0 Å². The van der Waals surface area contributed by atoms with Crippen molar-refractivity contribution >= 4 is 41.6 Å². The second-order valence-electron chi connectivity index (χ2n) is 1.77. The minimum absolute atomic E-state index is 0. The Kier molecular flexibility index (Phi) is 10.3. The molecule has 112 valence electrons. The molecule has 0 aliphatic rings. The normalized spacial score (nSPS) is 12.8.